The van der Waals surface area contributed by atoms with Gasteiger partial charge in [0.15, 0.2) is 0 Å². The largest absolute Gasteiger partial charge is 0.545 e. The molecule has 0 radical (unpaired) electrons. The molecule has 0 spiro atoms. The van der Waals surface area contributed by atoms with Crippen molar-refractivity contribution in [2.45, 2.75) is 91.9 Å². The Hall–Kier alpha value is -1.84. The third-order valence-corrected chi connectivity index (χ3v) is 5.56. The Morgan fingerprint density at radius 3 is 1.82 bits per heavy atom. The summed E-state index contributed by atoms with van der Waals surface area (Å²) in [6, 6.07) is 3.15. The number of hydrogen-bond donors (Lipinski definition) is 0. The van der Waals surface area contributed by atoms with E-state index < -0.39 is 11.9 Å². The van der Waals surface area contributed by atoms with Crippen LogP contribution in [-0.4, -0.2) is 11.9 Å². The van der Waals surface area contributed by atoms with Gasteiger partial charge in [0.25, 0.3) is 0 Å². The van der Waals surface area contributed by atoms with Gasteiger partial charge in [0, 0.05) is 11.1 Å². The number of carbonyl (C=O) groups is 2. The van der Waals surface area contributed by atoms with Crippen molar-refractivity contribution in [2.24, 2.45) is 11.8 Å². The van der Waals surface area contributed by atoms with Gasteiger partial charge in [-0.05, 0) is 35.8 Å². The van der Waals surface area contributed by atoms with Crippen LogP contribution in [0.15, 0.2) is 12.1 Å². The Bertz CT molecular complexity index is 636. The van der Waals surface area contributed by atoms with E-state index in [9.17, 15) is 19.8 Å². The fraction of sp³-hybridized carbons (Fsp3) is 0.667. The van der Waals surface area contributed by atoms with Gasteiger partial charge in [-0.1, -0.05) is 91.2 Å². The van der Waals surface area contributed by atoms with Crippen LogP contribution in [0.4, 0.5) is 0 Å². The highest BCUT2D eigenvalue weighted by molar-refractivity contribution is 6.01. The molecule has 0 amide bonds. The van der Waals surface area contributed by atoms with E-state index in [4.69, 9.17) is 0 Å². The number of rotatable bonds is 14. The number of aromatic carboxylic acids is 2. The first-order valence-electron chi connectivity index (χ1n) is 10.9. The molecule has 158 valence electrons. The van der Waals surface area contributed by atoms with E-state index in [-0.39, 0.29) is 17.0 Å². The van der Waals surface area contributed by atoms with Crippen LogP contribution >= 0.6 is 0 Å². The maximum atomic E-state index is 11.8. The quantitative estimate of drug-likeness (QED) is 0.452. The van der Waals surface area contributed by atoms with Crippen LogP contribution in [0.1, 0.15) is 111 Å². The fourth-order valence-electron chi connectivity index (χ4n) is 3.93. The van der Waals surface area contributed by atoms with E-state index in [1.807, 2.05) is 0 Å². The van der Waals surface area contributed by atoms with Crippen molar-refractivity contribution in [1.29, 1.82) is 0 Å². The maximum Gasteiger partial charge on any atom is 0.0724 e. The molecule has 1 aromatic carbocycles. The molecule has 0 saturated heterocycles. The highest BCUT2D eigenvalue weighted by atomic mass is 16.4. The Kier molecular flexibility index (Phi) is 10.9. The average molecular weight is 389 g/mol. The first-order valence-corrected chi connectivity index (χ1v) is 10.9. The molecule has 2 unspecified atom stereocenters. The molecule has 0 N–H and O–H groups in total. The lowest BCUT2D eigenvalue weighted by Gasteiger charge is -2.24. The molecule has 1 rings (SSSR count). The number of benzene rings is 1. The smallest absolute Gasteiger partial charge is 0.0724 e. The van der Waals surface area contributed by atoms with Crippen LogP contribution in [0.5, 0.6) is 0 Å². The Labute approximate surface area is 170 Å². The second-order valence-corrected chi connectivity index (χ2v) is 8.31. The summed E-state index contributed by atoms with van der Waals surface area (Å²) in [5.74, 6) is -2.17. The van der Waals surface area contributed by atoms with Gasteiger partial charge in [-0.15, -0.1) is 0 Å². The van der Waals surface area contributed by atoms with Gasteiger partial charge in [0.2, 0.25) is 0 Å². The van der Waals surface area contributed by atoms with Crippen molar-refractivity contribution in [3.05, 3.63) is 34.4 Å². The van der Waals surface area contributed by atoms with Crippen molar-refractivity contribution in [1.82, 2.24) is 0 Å². The molecule has 0 aromatic heterocycles. The van der Waals surface area contributed by atoms with Crippen LogP contribution < -0.4 is 10.2 Å². The minimum absolute atomic E-state index is 0.180. The Morgan fingerprint density at radius 1 is 0.821 bits per heavy atom. The molecule has 4 heteroatoms. The van der Waals surface area contributed by atoms with Gasteiger partial charge in [-0.25, -0.2) is 0 Å². The molecule has 0 aliphatic heterocycles. The molecule has 4 nitrogen and oxygen atoms in total. The summed E-state index contributed by atoms with van der Waals surface area (Å²) in [4.78, 5) is 23.3. The summed E-state index contributed by atoms with van der Waals surface area (Å²) in [7, 11) is 0. The molecule has 0 aliphatic carbocycles. The molecule has 2 atom stereocenters. The molecular weight excluding hydrogens is 352 g/mol. The number of carboxylic acids is 2. The average Bonchev–Trinajstić information content (AvgIpc) is 2.62. The van der Waals surface area contributed by atoms with E-state index in [1.165, 1.54) is 18.9 Å². The summed E-state index contributed by atoms with van der Waals surface area (Å²) in [5, 5.41) is 23.3. The maximum absolute atomic E-state index is 11.8. The first kappa shape index (κ1) is 24.2. The van der Waals surface area contributed by atoms with Gasteiger partial charge < -0.3 is 19.8 Å². The van der Waals surface area contributed by atoms with Crippen LogP contribution in [0.2, 0.25) is 0 Å². The van der Waals surface area contributed by atoms with Gasteiger partial charge in [-0.2, -0.15) is 0 Å². The van der Waals surface area contributed by atoms with Crippen LogP contribution in [0, 0.1) is 11.8 Å². The van der Waals surface area contributed by atoms with E-state index in [0.29, 0.717) is 17.9 Å². The van der Waals surface area contributed by atoms with E-state index in [1.54, 1.807) is 6.07 Å². The monoisotopic (exact) mass is 388 g/mol. The molecule has 0 aliphatic rings. The van der Waals surface area contributed by atoms with E-state index in [2.05, 4.69) is 27.7 Å². The van der Waals surface area contributed by atoms with Gasteiger partial charge >= 0.3 is 0 Å². The zero-order valence-corrected chi connectivity index (χ0v) is 18.0. The molecule has 0 saturated carbocycles. The van der Waals surface area contributed by atoms with Gasteiger partial charge in [-0.3, -0.25) is 0 Å². The highest BCUT2D eigenvalue weighted by Gasteiger charge is 2.18. The highest BCUT2D eigenvalue weighted by Crippen LogP contribution is 2.27. The minimum atomic E-state index is -1.46. The van der Waals surface area contributed by atoms with Crippen molar-refractivity contribution in [3.8, 4) is 0 Å². The first-order chi connectivity index (χ1) is 13.3. The molecule has 0 fully saturated rings. The topological polar surface area (TPSA) is 80.3 Å². The molecular formula is C24H36O4-2. The van der Waals surface area contributed by atoms with E-state index in [0.717, 1.165) is 50.5 Å². The fourth-order valence-corrected chi connectivity index (χ4v) is 3.93. The number of carboxylic acid groups (broad SMARTS) is 2. The summed E-state index contributed by atoms with van der Waals surface area (Å²) >= 11 is 0. The van der Waals surface area contributed by atoms with Crippen LogP contribution in [-0.2, 0) is 12.8 Å². The molecule has 1 aromatic rings. The normalized spacial score (nSPS) is 13.3. The number of carbonyl (C=O) groups excluding carboxylic acids is 2. The summed E-state index contributed by atoms with van der Waals surface area (Å²) in [6.07, 6.45) is 10.3. The lowest BCUT2D eigenvalue weighted by Crippen LogP contribution is -2.32. The number of unbranched alkanes of at least 4 members (excludes halogenated alkanes) is 4. The molecule has 0 heterocycles. The third-order valence-electron chi connectivity index (χ3n) is 5.56. The third kappa shape index (κ3) is 7.65. The van der Waals surface area contributed by atoms with Gasteiger partial charge in [0.1, 0.15) is 0 Å². The Balaban J connectivity index is 3.17. The number of hydrogen-bond acceptors (Lipinski definition) is 4. The van der Waals surface area contributed by atoms with Crippen molar-refractivity contribution < 1.29 is 19.8 Å². The van der Waals surface area contributed by atoms with Crippen molar-refractivity contribution in [2.75, 3.05) is 0 Å². The second-order valence-electron chi connectivity index (χ2n) is 8.31. The van der Waals surface area contributed by atoms with Crippen LogP contribution in [0.3, 0.4) is 0 Å². The predicted molar refractivity (Wildman–Crippen MR) is 109 cm³/mol. The lowest BCUT2D eigenvalue weighted by atomic mass is 9.84. The summed E-state index contributed by atoms with van der Waals surface area (Å²) < 4.78 is 0. The zero-order chi connectivity index (χ0) is 21.1. The standard InChI is InChI=1S/C24H38O4/c1-5-7-9-11-17(3)15-19-13-14-20(23(25)26)22(24(27)28)21(19)16-18(4)12-10-8-6-2/h13-14,17-18H,5-12,15-16H2,1-4H3,(H,25,26)(H,27,28)/p-2. The predicted octanol–water partition coefficient (Wildman–Crippen LogP) is 3.93. The molecule has 0 bridgehead atoms. The zero-order valence-electron chi connectivity index (χ0n) is 18.0. The summed E-state index contributed by atoms with van der Waals surface area (Å²) in [5.41, 5.74) is 1.13. The van der Waals surface area contributed by atoms with Crippen LogP contribution in [0.25, 0.3) is 0 Å². The Morgan fingerprint density at radius 2 is 1.36 bits per heavy atom. The second kappa shape index (κ2) is 12.6. The minimum Gasteiger partial charge on any atom is -0.545 e. The summed E-state index contributed by atoms with van der Waals surface area (Å²) in [6.45, 7) is 8.61. The van der Waals surface area contributed by atoms with Crippen molar-refractivity contribution in [3.63, 3.8) is 0 Å². The van der Waals surface area contributed by atoms with Crippen molar-refractivity contribution >= 4 is 11.9 Å². The van der Waals surface area contributed by atoms with E-state index >= 15 is 0 Å². The SMILES string of the molecule is CCCCCC(C)Cc1ccc(C(=O)[O-])c(C(=O)[O-])c1CC(C)CCCCC. The molecule has 28 heavy (non-hydrogen) atoms. The lowest BCUT2D eigenvalue weighted by molar-refractivity contribution is -0.259. The van der Waals surface area contributed by atoms with Gasteiger partial charge in [0.05, 0.1) is 11.9 Å².